The standard InChI is InChI=1S/C3H8N2O4S/c4-1-3(6)2-5-10(7,8)9/h5H,1-2,4H2,(H,7,8,9). The molecule has 4 N–H and O–H groups in total. The molecule has 0 saturated carbocycles. The Bertz CT molecular complexity index is 209. The number of carbonyl (C=O) groups is 1. The minimum Gasteiger partial charge on any atom is -0.324 e. The van der Waals surface area contributed by atoms with Gasteiger partial charge < -0.3 is 5.73 Å². The van der Waals surface area contributed by atoms with Gasteiger partial charge in [0.05, 0.1) is 13.1 Å². The minimum absolute atomic E-state index is 0.248. The summed E-state index contributed by atoms with van der Waals surface area (Å²) in [6, 6.07) is 0. The zero-order chi connectivity index (χ0) is 8.20. The van der Waals surface area contributed by atoms with Gasteiger partial charge in [0.15, 0.2) is 5.78 Å². The molecule has 10 heavy (non-hydrogen) atoms. The van der Waals surface area contributed by atoms with Crippen molar-refractivity contribution in [2.45, 2.75) is 0 Å². The van der Waals surface area contributed by atoms with Crippen molar-refractivity contribution in [3.63, 3.8) is 0 Å². The zero-order valence-electron chi connectivity index (χ0n) is 5.07. The fourth-order valence-corrected chi connectivity index (χ4v) is 0.587. The Hall–Kier alpha value is -0.500. The van der Waals surface area contributed by atoms with E-state index in [1.807, 2.05) is 0 Å². The predicted molar refractivity (Wildman–Crippen MR) is 33.6 cm³/mol. The highest BCUT2D eigenvalue weighted by atomic mass is 32.2. The van der Waals surface area contributed by atoms with Crippen LogP contribution in [0.1, 0.15) is 0 Å². The first-order chi connectivity index (χ1) is 4.45. The maximum Gasteiger partial charge on any atom is 0.333 e. The number of hydrogen-bond acceptors (Lipinski definition) is 4. The average Bonchev–Trinajstić information content (AvgIpc) is 1.81. The Morgan fingerprint density at radius 2 is 2.10 bits per heavy atom. The first-order valence-electron chi connectivity index (χ1n) is 2.39. The van der Waals surface area contributed by atoms with Gasteiger partial charge >= 0.3 is 10.3 Å². The summed E-state index contributed by atoms with van der Waals surface area (Å²) in [7, 11) is -4.26. The number of hydrogen-bond donors (Lipinski definition) is 3. The number of nitrogens with two attached hydrogens (primary N) is 1. The topological polar surface area (TPSA) is 109 Å². The normalized spacial score (nSPS) is 11.4. The first-order valence-corrected chi connectivity index (χ1v) is 3.83. The molecule has 0 atom stereocenters. The lowest BCUT2D eigenvalue weighted by atomic mass is 10.4. The van der Waals surface area contributed by atoms with E-state index in [1.54, 1.807) is 4.72 Å². The summed E-state index contributed by atoms with van der Waals surface area (Å²) in [5.74, 6) is -0.488. The Morgan fingerprint density at radius 3 is 2.40 bits per heavy atom. The maximum absolute atomic E-state index is 10.3. The van der Waals surface area contributed by atoms with E-state index >= 15 is 0 Å². The summed E-state index contributed by atoms with van der Waals surface area (Å²) in [4.78, 5) is 10.3. The first kappa shape index (κ1) is 9.50. The second-order valence-corrected chi connectivity index (χ2v) is 2.78. The van der Waals surface area contributed by atoms with Gasteiger partial charge in [0.25, 0.3) is 0 Å². The van der Waals surface area contributed by atoms with Gasteiger partial charge in [-0.1, -0.05) is 0 Å². The Kier molecular flexibility index (Phi) is 3.43. The van der Waals surface area contributed by atoms with Crippen LogP contribution in [0.3, 0.4) is 0 Å². The maximum atomic E-state index is 10.3. The molecule has 60 valence electrons. The van der Waals surface area contributed by atoms with E-state index in [1.165, 1.54) is 0 Å². The summed E-state index contributed by atoms with van der Waals surface area (Å²) >= 11 is 0. The third-order valence-electron chi connectivity index (χ3n) is 0.679. The summed E-state index contributed by atoms with van der Waals surface area (Å²) in [6.45, 7) is -0.710. The van der Waals surface area contributed by atoms with Crippen LogP contribution >= 0.6 is 0 Å². The summed E-state index contributed by atoms with van der Waals surface area (Å²) in [5, 5.41) is 0. The van der Waals surface area contributed by atoms with E-state index in [0.29, 0.717) is 0 Å². The molecule has 0 saturated heterocycles. The van der Waals surface area contributed by atoms with Crippen LogP contribution in [-0.4, -0.2) is 31.8 Å². The Labute approximate surface area is 58.3 Å². The number of ketones is 1. The number of nitrogens with one attached hydrogen (secondary N) is 1. The lowest BCUT2D eigenvalue weighted by Gasteiger charge is -1.96. The molecule has 0 heterocycles. The van der Waals surface area contributed by atoms with E-state index in [0.717, 1.165) is 0 Å². The van der Waals surface area contributed by atoms with Crippen LogP contribution in [0.4, 0.5) is 0 Å². The van der Waals surface area contributed by atoms with Crippen LogP contribution in [0.2, 0.25) is 0 Å². The van der Waals surface area contributed by atoms with E-state index in [9.17, 15) is 13.2 Å². The van der Waals surface area contributed by atoms with Crippen LogP contribution in [0.25, 0.3) is 0 Å². The number of carbonyl (C=O) groups excluding carboxylic acids is 1. The molecule has 0 aromatic rings. The molecule has 0 radical (unpaired) electrons. The van der Waals surface area contributed by atoms with Gasteiger partial charge in [-0.15, -0.1) is 0 Å². The molecular weight excluding hydrogens is 160 g/mol. The summed E-state index contributed by atoms with van der Waals surface area (Å²) in [6.07, 6.45) is 0. The number of rotatable bonds is 4. The quantitative estimate of drug-likeness (QED) is 0.417. The Balaban J connectivity index is 3.67. The largest absolute Gasteiger partial charge is 0.333 e. The molecule has 0 spiro atoms. The van der Waals surface area contributed by atoms with Gasteiger partial charge in [0.1, 0.15) is 0 Å². The van der Waals surface area contributed by atoms with Gasteiger partial charge in [0, 0.05) is 0 Å². The second-order valence-electron chi connectivity index (χ2n) is 1.54. The summed E-state index contributed by atoms with van der Waals surface area (Å²) < 4.78 is 29.4. The van der Waals surface area contributed by atoms with Gasteiger partial charge in [-0.3, -0.25) is 9.35 Å². The van der Waals surface area contributed by atoms with Crippen molar-refractivity contribution in [2.75, 3.05) is 13.1 Å². The van der Waals surface area contributed by atoms with Crippen LogP contribution in [0.15, 0.2) is 0 Å². The van der Waals surface area contributed by atoms with Crippen molar-refractivity contribution in [3.05, 3.63) is 0 Å². The van der Waals surface area contributed by atoms with Crippen molar-refractivity contribution < 1.29 is 17.8 Å². The lowest BCUT2D eigenvalue weighted by Crippen LogP contribution is -2.32. The van der Waals surface area contributed by atoms with Gasteiger partial charge in [-0.25, -0.2) is 0 Å². The van der Waals surface area contributed by atoms with E-state index < -0.39 is 22.6 Å². The molecule has 6 nitrogen and oxygen atoms in total. The highest BCUT2D eigenvalue weighted by Gasteiger charge is 2.04. The predicted octanol–water partition coefficient (Wildman–Crippen LogP) is -2.09. The van der Waals surface area contributed by atoms with E-state index in [2.05, 4.69) is 0 Å². The summed E-state index contributed by atoms with van der Waals surface area (Å²) in [5.41, 5.74) is 4.84. The molecule has 0 aromatic carbocycles. The van der Waals surface area contributed by atoms with Crippen LogP contribution in [0.5, 0.6) is 0 Å². The van der Waals surface area contributed by atoms with Gasteiger partial charge in [-0.05, 0) is 0 Å². The van der Waals surface area contributed by atoms with Gasteiger partial charge in [0.2, 0.25) is 0 Å². The molecule has 0 bridgehead atoms. The smallest absolute Gasteiger partial charge is 0.324 e. The molecule has 0 aromatic heterocycles. The average molecular weight is 168 g/mol. The van der Waals surface area contributed by atoms with Crippen molar-refractivity contribution in [1.82, 2.24) is 4.72 Å². The molecule has 0 aliphatic heterocycles. The SMILES string of the molecule is NCC(=O)CNS(=O)(=O)O. The zero-order valence-corrected chi connectivity index (χ0v) is 5.89. The highest BCUT2D eigenvalue weighted by molar-refractivity contribution is 7.83. The molecular formula is C3H8N2O4S. The highest BCUT2D eigenvalue weighted by Crippen LogP contribution is 1.71. The van der Waals surface area contributed by atoms with Crippen molar-refractivity contribution in [3.8, 4) is 0 Å². The third-order valence-corrected chi connectivity index (χ3v) is 1.19. The fourth-order valence-electron chi connectivity index (χ4n) is 0.244. The lowest BCUT2D eigenvalue weighted by molar-refractivity contribution is -0.116. The van der Waals surface area contributed by atoms with Crippen LogP contribution in [-0.2, 0) is 15.1 Å². The molecule has 0 aliphatic rings. The van der Waals surface area contributed by atoms with Crippen LogP contribution < -0.4 is 10.5 Å². The molecule has 0 amide bonds. The fraction of sp³-hybridized carbons (Fsp3) is 0.667. The second kappa shape index (κ2) is 3.62. The Morgan fingerprint density at radius 1 is 1.60 bits per heavy atom. The molecule has 0 rings (SSSR count). The molecule has 0 aliphatic carbocycles. The number of Topliss-reactive ketones (excluding diaryl/α,β-unsaturated/α-hetero) is 1. The van der Waals surface area contributed by atoms with Crippen LogP contribution in [0, 0.1) is 0 Å². The van der Waals surface area contributed by atoms with Crippen molar-refractivity contribution in [2.24, 2.45) is 5.73 Å². The van der Waals surface area contributed by atoms with E-state index in [-0.39, 0.29) is 6.54 Å². The van der Waals surface area contributed by atoms with E-state index in [4.69, 9.17) is 10.3 Å². The van der Waals surface area contributed by atoms with Crippen molar-refractivity contribution in [1.29, 1.82) is 0 Å². The monoisotopic (exact) mass is 168 g/mol. The molecule has 7 heteroatoms. The van der Waals surface area contributed by atoms with Crippen molar-refractivity contribution >= 4 is 16.1 Å². The minimum atomic E-state index is -4.26. The molecule has 0 unspecified atom stereocenters. The molecule has 0 fully saturated rings. The van der Waals surface area contributed by atoms with Gasteiger partial charge in [-0.2, -0.15) is 13.1 Å². The third kappa shape index (κ3) is 5.63.